The SMILES string of the molecule is CC[C@H](C(=O)NC(C)C)N(Cc1ccc(C)cc1)C(=O)CCCN(c1ccc(C)cc1)S(C)(=O)=O. The molecule has 0 fully saturated rings. The number of sulfonamides is 1. The first-order valence-electron chi connectivity index (χ1n) is 12.1. The molecule has 1 N–H and O–H groups in total. The summed E-state index contributed by atoms with van der Waals surface area (Å²) in [6.45, 7) is 10.1. The Hall–Kier alpha value is -2.87. The molecule has 0 aliphatic rings. The molecule has 2 aromatic carbocycles. The minimum Gasteiger partial charge on any atom is -0.352 e. The van der Waals surface area contributed by atoms with Crippen LogP contribution in [-0.2, 0) is 26.2 Å². The van der Waals surface area contributed by atoms with Crippen molar-refractivity contribution < 1.29 is 18.0 Å². The first kappa shape index (κ1) is 28.4. The first-order valence-corrected chi connectivity index (χ1v) is 14.0. The maximum Gasteiger partial charge on any atom is 0.243 e. The fourth-order valence-electron chi connectivity index (χ4n) is 3.91. The molecule has 0 heterocycles. The Labute approximate surface area is 210 Å². The van der Waals surface area contributed by atoms with Gasteiger partial charge in [-0.2, -0.15) is 0 Å². The standard InChI is InChI=1S/C27H39N3O4S/c1-7-25(27(32)28-20(2)3)29(19-23-14-10-21(4)11-15-23)26(31)9-8-18-30(35(6,33)34)24-16-12-22(5)13-17-24/h10-17,20,25H,7-9,18-19H2,1-6H3,(H,28,32)/t25-/m1/s1. The van der Waals surface area contributed by atoms with E-state index < -0.39 is 16.1 Å². The van der Waals surface area contributed by atoms with Gasteiger partial charge in [-0.25, -0.2) is 8.42 Å². The summed E-state index contributed by atoms with van der Waals surface area (Å²) in [7, 11) is -3.51. The minimum absolute atomic E-state index is 0.0364. The van der Waals surface area contributed by atoms with Gasteiger partial charge in [0.2, 0.25) is 21.8 Å². The highest BCUT2D eigenvalue weighted by Crippen LogP contribution is 2.20. The van der Waals surface area contributed by atoms with E-state index in [1.807, 2.05) is 71.0 Å². The van der Waals surface area contributed by atoms with E-state index >= 15 is 0 Å². The average Bonchev–Trinajstić information content (AvgIpc) is 2.77. The van der Waals surface area contributed by atoms with Crippen LogP contribution in [0.4, 0.5) is 5.69 Å². The Morgan fingerprint density at radius 2 is 1.49 bits per heavy atom. The summed E-state index contributed by atoms with van der Waals surface area (Å²) in [4.78, 5) is 27.9. The number of carbonyl (C=O) groups is 2. The molecule has 0 bridgehead atoms. The zero-order valence-corrected chi connectivity index (χ0v) is 22.6. The van der Waals surface area contributed by atoms with E-state index in [1.54, 1.807) is 17.0 Å². The van der Waals surface area contributed by atoms with Crippen molar-refractivity contribution in [2.75, 3.05) is 17.1 Å². The van der Waals surface area contributed by atoms with E-state index in [9.17, 15) is 18.0 Å². The molecule has 0 aromatic heterocycles. The lowest BCUT2D eigenvalue weighted by atomic mass is 10.1. The van der Waals surface area contributed by atoms with Crippen LogP contribution in [0.3, 0.4) is 0 Å². The number of rotatable bonds is 12. The van der Waals surface area contributed by atoms with Crippen molar-refractivity contribution in [3.63, 3.8) is 0 Å². The molecule has 1 atom stereocenters. The van der Waals surface area contributed by atoms with Crippen LogP contribution in [-0.4, -0.2) is 50.0 Å². The second kappa shape index (κ2) is 12.7. The second-order valence-corrected chi connectivity index (χ2v) is 11.3. The number of hydrogen-bond acceptors (Lipinski definition) is 4. The number of nitrogens with zero attached hydrogens (tertiary/aromatic N) is 2. The van der Waals surface area contributed by atoms with Gasteiger partial charge in [0.1, 0.15) is 6.04 Å². The lowest BCUT2D eigenvalue weighted by Crippen LogP contribution is -2.50. The monoisotopic (exact) mass is 501 g/mol. The number of amides is 2. The smallest absolute Gasteiger partial charge is 0.243 e. The van der Waals surface area contributed by atoms with Crippen LogP contribution >= 0.6 is 0 Å². The molecule has 192 valence electrons. The van der Waals surface area contributed by atoms with Crippen molar-refractivity contribution in [1.29, 1.82) is 0 Å². The van der Waals surface area contributed by atoms with Crippen molar-refractivity contribution in [2.45, 2.75) is 72.5 Å². The lowest BCUT2D eigenvalue weighted by Gasteiger charge is -2.31. The molecule has 0 aliphatic carbocycles. The van der Waals surface area contributed by atoms with Gasteiger partial charge in [-0.1, -0.05) is 54.4 Å². The maximum atomic E-state index is 13.4. The summed E-state index contributed by atoms with van der Waals surface area (Å²) in [5.74, 6) is -0.353. The molecule has 7 nitrogen and oxygen atoms in total. The van der Waals surface area contributed by atoms with Gasteiger partial charge in [0.25, 0.3) is 0 Å². The average molecular weight is 502 g/mol. The molecule has 0 spiro atoms. The fraction of sp³-hybridized carbons (Fsp3) is 0.481. The zero-order chi connectivity index (χ0) is 26.2. The molecule has 0 saturated carbocycles. The summed E-state index contributed by atoms with van der Waals surface area (Å²) in [5.41, 5.74) is 3.67. The van der Waals surface area contributed by atoms with Crippen molar-refractivity contribution in [3.8, 4) is 0 Å². The van der Waals surface area contributed by atoms with Gasteiger partial charge in [-0.3, -0.25) is 13.9 Å². The Bertz CT molecular complexity index is 1080. The molecule has 0 radical (unpaired) electrons. The molecule has 2 amide bonds. The van der Waals surface area contributed by atoms with E-state index in [0.717, 1.165) is 16.7 Å². The summed E-state index contributed by atoms with van der Waals surface area (Å²) in [6.07, 6.45) is 2.12. The number of hydrogen-bond donors (Lipinski definition) is 1. The van der Waals surface area contributed by atoms with Crippen molar-refractivity contribution >= 4 is 27.5 Å². The number of nitrogens with one attached hydrogen (secondary N) is 1. The Morgan fingerprint density at radius 1 is 0.943 bits per heavy atom. The third-order valence-corrected chi connectivity index (χ3v) is 6.96. The second-order valence-electron chi connectivity index (χ2n) is 9.37. The highest BCUT2D eigenvalue weighted by Gasteiger charge is 2.29. The lowest BCUT2D eigenvalue weighted by molar-refractivity contribution is -0.141. The molecule has 2 rings (SSSR count). The van der Waals surface area contributed by atoms with Crippen LogP contribution in [0.2, 0.25) is 0 Å². The molecular formula is C27H39N3O4S. The van der Waals surface area contributed by atoms with Gasteiger partial charge in [-0.05, 0) is 58.2 Å². The van der Waals surface area contributed by atoms with Gasteiger partial charge in [0.15, 0.2) is 0 Å². The fourth-order valence-corrected chi connectivity index (χ4v) is 4.87. The number of aryl methyl sites for hydroxylation is 2. The van der Waals surface area contributed by atoms with Gasteiger partial charge in [-0.15, -0.1) is 0 Å². The van der Waals surface area contributed by atoms with Crippen molar-refractivity contribution in [3.05, 3.63) is 65.2 Å². The largest absolute Gasteiger partial charge is 0.352 e. The van der Waals surface area contributed by atoms with Crippen LogP contribution in [0.5, 0.6) is 0 Å². The molecule has 8 heteroatoms. The van der Waals surface area contributed by atoms with Crippen molar-refractivity contribution in [2.24, 2.45) is 0 Å². The van der Waals surface area contributed by atoms with E-state index in [1.165, 1.54) is 10.6 Å². The Morgan fingerprint density at radius 3 is 1.97 bits per heavy atom. The molecule has 2 aromatic rings. The van der Waals surface area contributed by atoms with Gasteiger partial charge in [0.05, 0.1) is 11.9 Å². The third kappa shape index (κ3) is 8.69. The van der Waals surface area contributed by atoms with Crippen LogP contribution in [0, 0.1) is 13.8 Å². The number of carbonyl (C=O) groups excluding carboxylic acids is 2. The first-order chi connectivity index (χ1) is 16.4. The topological polar surface area (TPSA) is 86.8 Å². The van der Waals surface area contributed by atoms with Crippen LogP contribution in [0.1, 0.15) is 56.7 Å². The summed E-state index contributed by atoms with van der Waals surface area (Å²) in [5, 5.41) is 2.92. The Balaban J connectivity index is 2.20. The minimum atomic E-state index is -3.51. The molecule has 35 heavy (non-hydrogen) atoms. The third-order valence-electron chi connectivity index (χ3n) is 5.76. The summed E-state index contributed by atoms with van der Waals surface area (Å²) in [6, 6.07) is 14.5. The van der Waals surface area contributed by atoms with E-state index in [0.29, 0.717) is 25.1 Å². The normalized spacial score (nSPS) is 12.3. The highest BCUT2D eigenvalue weighted by atomic mass is 32.2. The number of benzene rings is 2. The van der Waals surface area contributed by atoms with Gasteiger partial charge < -0.3 is 10.2 Å². The predicted octanol–water partition coefficient (Wildman–Crippen LogP) is 4.18. The summed E-state index contributed by atoms with van der Waals surface area (Å²) >= 11 is 0. The van der Waals surface area contributed by atoms with Crippen molar-refractivity contribution in [1.82, 2.24) is 10.2 Å². The molecular weight excluding hydrogens is 462 g/mol. The van der Waals surface area contributed by atoms with Crippen LogP contribution in [0.25, 0.3) is 0 Å². The quantitative estimate of drug-likeness (QED) is 0.473. The van der Waals surface area contributed by atoms with Crippen LogP contribution in [0.15, 0.2) is 48.5 Å². The summed E-state index contributed by atoms with van der Waals surface area (Å²) < 4.78 is 26.2. The van der Waals surface area contributed by atoms with Crippen LogP contribution < -0.4 is 9.62 Å². The van der Waals surface area contributed by atoms with Gasteiger partial charge >= 0.3 is 0 Å². The number of anilines is 1. The highest BCUT2D eigenvalue weighted by molar-refractivity contribution is 7.92. The zero-order valence-electron chi connectivity index (χ0n) is 21.7. The maximum absolute atomic E-state index is 13.4. The molecule has 0 saturated heterocycles. The predicted molar refractivity (Wildman–Crippen MR) is 142 cm³/mol. The molecule has 0 unspecified atom stereocenters. The Kier molecular flexibility index (Phi) is 10.3. The van der Waals surface area contributed by atoms with E-state index in [4.69, 9.17) is 0 Å². The molecule has 0 aliphatic heterocycles. The van der Waals surface area contributed by atoms with E-state index in [2.05, 4.69) is 5.32 Å². The van der Waals surface area contributed by atoms with Gasteiger partial charge in [0, 0.05) is 25.6 Å². The van der Waals surface area contributed by atoms with E-state index in [-0.39, 0.29) is 30.8 Å².